The molecule has 0 aliphatic rings. The van der Waals surface area contributed by atoms with Crippen LogP contribution >= 0.6 is 0 Å². The van der Waals surface area contributed by atoms with Gasteiger partial charge in [0.05, 0.1) is 0 Å². The van der Waals surface area contributed by atoms with Gasteiger partial charge in [0, 0.05) is 25.4 Å². The van der Waals surface area contributed by atoms with Gasteiger partial charge in [-0.3, -0.25) is 4.79 Å². The van der Waals surface area contributed by atoms with Gasteiger partial charge in [0.25, 0.3) is 0 Å². The summed E-state index contributed by atoms with van der Waals surface area (Å²) in [5.74, 6) is 2.43. The zero-order valence-corrected chi connectivity index (χ0v) is 8.18. The van der Waals surface area contributed by atoms with E-state index in [-0.39, 0.29) is 11.9 Å². The van der Waals surface area contributed by atoms with E-state index in [0.717, 1.165) is 12.8 Å². The Hall–Kier alpha value is -1.01. The molecule has 0 saturated heterocycles. The third-order valence-corrected chi connectivity index (χ3v) is 1.78. The number of nitrogens with two attached hydrogens (primary N) is 1. The molecule has 1 amide bonds. The van der Waals surface area contributed by atoms with Crippen molar-refractivity contribution in [2.45, 2.75) is 38.6 Å². The van der Waals surface area contributed by atoms with Gasteiger partial charge in [-0.25, -0.2) is 0 Å². The van der Waals surface area contributed by atoms with Crippen LogP contribution in [-0.4, -0.2) is 18.5 Å². The van der Waals surface area contributed by atoms with Crippen molar-refractivity contribution in [3.63, 3.8) is 0 Å². The van der Waals surface area contributed by atoms with Gasteiger partial charge < -0.3 is 11.1 Å². The first-order chi connectivity index (χ1) is 6.24. The molecular formula is C10H18N2O. The summed E-state index contributed by atoms with van der Waals surface area (Å²) < 4.78 is 0. The largest absolute Gasteiger partial charge is 0.352 e. The summed E-state index contributed by atoms with van der Waals surface area (Å²) in [6.45, 7) is 2.56. The molecule has 0 saturated carbocycles. The van der Waals surface area contributed by atoms with Crippen LogP contribution in [0.25, 0.3) is 0 Å². The van der Waals surface area contributed by atoms with E-state index in [1.54, 1.807) is 0 Å². The number of amides is 1. The highest BCUT2D eigenvalue weighted by atomic mass is 16.1. The van der Waals surface area contributed by atoms with Gasteiger partial charge in [0.15, 0.2) is 0 Å². The van der Waals surface area contributed by atoms with Crippen LogP contribution in [0.1, 0.15) is 32.6 Å². The molecule has 0 spiro atoms. The first-order valence-corrected chi connectivity index (χ1v) is 4.67. The Balaban J connectivity index is 3.67. The molecule has 0 aromatic heterocycles. The second kappa shape index (κ2) is 7.63. The number of terminal acetylenes is 1. The SMILES string of the molecule is C#CCCC(=O)NC(CN)CCC. The molecule has 0 radical (unpaired) electrons. The van der Waals surface area contributed by atoms with Crippen molar-refractivity contribution in [3.05, 3.63) is 0 Å². The molecule has 0 rings (SSSR count). The van der Waals surface area contributed by atoms with Crippen molar-refractivity contribution >= 4 is 5.91 Å². The maximum atomic E-state index is 11.2. The van der Waals surface area contributed by atoms with Crippen molar-refractivity contribution < 1.29 is 4.79 Å². The normalized spacial score (nSPS) is 11.8. The fourth-order valence-corrected chi connectivity index (χ4v) is 1.08. The van der Waals surface area contributed by atoms with Crippen molar-refractivity contribution in [2.24, 2.45) is 5.73 Å². The van der Waals surface area contributed by atoms with E-state index < -0.39 is 0 Å². The Bertz CT molecular complexity index is 184. The van der Waals surface area contributed by atoms with Gasteiger partial charge in [0.2, 0.25) is 5.91 Å². The average molecular weight is 182 g/mol. The van der Waals surface area contributed by atoms with Crippen LogP contribution in [0.4, 0.5) is 0 Å². The molecule has 0 aromatic carbocycles. The Morgan fingerprint density at radius 3 is 2.85 bits per heavy atom. The lowest BCUT2D eigenvalue weighted by molar-refractivity contribution is -0.121. The van der Waals surface area contributed by atoms with Crippen LogP contribution < -0.4 is 11.1 Å². The molecule has 0 aromatic rings. The minimum absolute atomic E-state index is 0.00171. The number of rotatable bonds is 6. The maximum Gasteiger partial charge on any atom is 0.221 e. The van der Waals surface area contributed by atoms with E-state index in [2.05, 4.69) is 18.2 Å². The molecule has 1 atom stereocenters. The van der Waals surface area contributed by atoms with Gasteiger partial charge in [-0.1, -0.05) is 13.3 Å². The van der Waals surface area contributed by atoms with Crippen LogP contribution in [0.3, 0.4) is 0 Å². The van der Waals surface area contributed by atoms with E-state index in [0.29, 0.717) is 19.4 Å². The molecule has 3 heteroatoms. The predicted molar refractivity (Wildman–Crippen MR) is 54.0 cm³/mol. The molecule has 0 heterocycles. The summed E-state index contributed by atoms with van der Waals surface area (Å²) in [5.41, 5.74) is 5.48. The fourth-order valence-electron chi connectivity index (χ4n) is 1.08. The Kier molecular flexibility index (Phi) is 7.04. The highest BCUT2D eigenvalue weighted by molar-refractivity contribution is 5.76. The third-order valence-electron chi connectivity index (χ3n) is 1.78. The predicted octanol–water partition coefficient (Wildman–Crippen LogP) is 0.643. The molecular weight excluding hydrogens is 164 g/mol. The third kappa shape index (κ3) is 6.18. The van der Waals surface area contributed by atoms with Crippen molar-refractivity contribution in [2.75, 3.05) is 6.54 Å². The Labute approximate surface area is 80.1 Å². The smallest absolute Gasteiger partial charge is 0.221 e. The summed E-state index contributed by atoms with van der Waals surface area (Å²) in [4.78, 5) is 11.2. The summed E-state index contributed by atoms with van der Waals surface area (Å²) >= 11 is 0. The zero-order valence-electron chi connectivity index (χ0n) is 8.18. The average Bonchev–Trinajstić information content (AvgIpc) is 2.14. The molecule has 3 N–H and O–H groups in total. The summed E-state index contributed by atoms with van der Waals surface area (Å²) in [5, 5.41) is 2.84. The van der Waals surface area contributed by atoms with E-state index >= 15 is 0 Å². The van der Waals surface area contributed by atoms with E-state index in [4.69, 9.17) is 12.2 Å². The second-order valence-corrected chi connectivity index (χ2v) is 2.99. The molecule has 13 heavy (non-hydrogen) atoms. The van der Waals surface area contributed by atoms with Crippen LogP contribution in [0, 0.1) is 12.3 Å². The van der Waals surface area contributed by atoms with Crippen molar-refractivity contribution in [1.29, 1.82) is 0 Å². The molecule has 74 valence electrons. The van der Waals surface area contributed by atoms with Gasteiger partial charge in [-0.2, -0.15) is 0 Å². The molecule has 0 aliphatic heterocycles. The topological polar surface area (TPSA) is 55.1 Å². The molecule has 3 nitrogen and oxygen atoms in total. The van der Waals surface area contributed by atoms with Gasteiger partial charge >= 0.3 is 0 Å². The number of hydrogen-bond donors (Lipinski definition) is 2. The van der Waals surface area contributed by atoms with E-state index in [9.17, 15) is 4.79 Å². The lowest BCUT2D eigenvalue weighted by atomic mass is 10.1. The lowest BCUT2D eigenvalue weighted by Gasteiger charge is -2.15. The molecule has 1 unspecified atom stereocenters. The van der Waals surface area contributed by atoms with Crippen molar-refractivity contribution in [3.8, 4) is 12.3 Å². The first-order valence-electron chi connectivity index (χ1n) is 4.67. The fraction of sp³-hybridized carbons (Fsp3) is 0.700. The van der Waals surface area contributed by atoms with Gasteiger partial charge in [-0.15, -0.1) is 12.3 Å². The lowest BCUT2D eigenvalue weighted by Crippen LogP contribution is -2.39. The van der Waals surface area contributed by atoms with Crippen LogP contribution in [-0.2, 0) is 4.79 Å². The molecule has 0 fully saturated rings. The summed E-state index contributed by atoms with van der Waals surface area (Å²) in [6, 6.07) is 0.107. The number of nitrogens with one attached hydrogen (secondary N) is 1. The van der Waals surface area contributed by atoms with Gasteiger partial charge in [-0.05, 0) is 6.42 Å². The van der Waals surface area contributed by atoms with E-state index in [1.807, 2.05) is 0 Å². The zero-order chi connectivity index (χ0) is 10.1. The number of carbonyl (C=O) groups is 1. The summed E-state index contributed by atoms with van der Waals surface area (Å²) in [7, 11) is 0. The van der Waals surface area contributed by atoms with Crippen LogP contribution in [0.15, 0.2) is 0 Å². The molecule has 0 bridgehead atoms. The van der Waals surface area contributed by atoms with Crippen LogP contribution in [0.5, 0.6) is 0 Å². The number of carbonyl (C=O) groups excluding carboxylic acids is 1. The number of hydrogen-bond acceptors (Lipinski definition) is 2. The Morgan fingerprint density at radius 2 is 2.38 bits per heavy atom. The maximum absolute atomic E-state index is 11.2. The van der Waals surface area contributed by atoms with Crippen molar-refractivity contribution in [1.82, 2.24) is 5.32 Å². The first kappa shape index (κ1) is 12.0. The highest BCUT2D eigenvalue weighted by Gasteiger charge is 2.08. The van der Waals surface area contributed by atoms with E-state index in [1.165, 1.54) is 0 Å². The van der Waals surface area contributed by atoms with Gasteiger partial charge in [0.1, 0.15) is 0 Å². The quantitative estimate of drug-likeness (QED) is 0.592. The monoisotopic (exact) mass is 182 g/mol. The Morgan fingerprint density at radius 1 is 1.69 bits per heavy atom. The highest BCUT2D eigenvalue weighted by Crippen LogP contribution is 1.96. The summed E-state index contributed by atoms with van der Waals surface area (Å²) in [6.07, 6.45) is 7.89. The van der Waals surface area contributed by atoms with Crippen LogP contribution in [0.2, 0.25) is 0 Å². The minimum atomic E-state index is 0.00171. The molecule has 0 aliphatic carbocycles. The second-order valence-electron chi connectivity index (χ2n) is 2.99. The minimum Gasteiger partial charge on any atom is -0.352 e. The standard InChI is InChI=1S/C10H18N2O/c1-3-5-7-10(13)12-9(8-11)6-4-2/h1,9H,4-8,11H2,2H3,(H,12,13).